The molecule has 0 fully saturated rings. The quantitative estimate of drug-likeness (QED) is 0.778. The number of benzene rings is 1. The number of carbonyl (C=O) groups is 1. The number of carbonyl (C=O) groups excluding carboxylic acids is 1. The summed E-state index contributed by atoms with van der Waals surface area (Å²) in [5, 5.41) is 3.81. The van der Waals surface area contributed by atoms with Crippen molar-refractivity contribution in [2.24, 2.45) is 5.73 Å². The highest BCUT2D eigenvalue weighted by molar-refractivity contribution is 7.20. The zero-order valence-corrected chi connectivity index (χ0v) is 13.4. The highest BCUT2D eigenvalue weighted by Crippen LogP contribution is 2.33. The molecule has 112 valence electrons. The van der Waals surface area contributed by atoms with E-state index in [9.17, 15) is 4.79 Å². The van der Waals surface area contributed by atoms with Crippen LogP contribution < -0.4 is 11.1 Å². The molecule has 3 rings (SSSR count). The van der Waals surface area contributed by atoms with Crippen LogP contribution in [0.2, 0.25) is 0 Å². The monoisotopic (exact) mass is 312 g/mol. The molecule has 3 N–H and O–H groups in total. The molecule has 0 atom stereocenters. The van der Waals surface area contributed by atoms with E-state index in [0.717, 1.165) is 21.5 Å². The van der Waals surface area contributed by atoms with Gasteiger partial charge in [0.05, 0.1) is 10.6 Å². The summed E-state index contributed by atoms with van der Waals surface area (Å²) in [6.07, 6.45) is 0. The van der Waals surface area contributed by atoms with Crippen LogP contribution in [0.3, 0.4) is 0 Å². The Bertz CT molecular complexity index is 885. The Balaban J connectivity index is 2.30. The van der Waals surface area contributed by atoms with Gasteiger partial charge in [-0.25, -0.2) is 9.97 Å². The molecule has 22 heavy (non-hydrogen) atoms. The van der Waals surface area contributed by atoms with Crippen LogP contribution >= 0.6 is 11.3 Å². The third-order valence-corrected chi connectivity index (χ3v) is 4.68. The Morgan fingerprint density at radius 2 is 1.95 bits per heavy atom. The summed E-state index contributed by atoms with van der Waals surface area (Å²) in [6, 6.07) is 7.97. The van der Waals surface area contributed by atoms with Crippen LogP contribution in [0, 0.1) is 13.8 Å². The number of primary amides is 1. The fraction of sp³-hybridized carbons (Fsp3) is 0.188. The number of nitrogens with zero attached hydrogens (tertiary/aromatic N) is 2. The first kappa shape index (κ1) is 14.5. The van der Waals surface area contributed by atoms with Gasteiger partial charge in [0.25, 0.3) is 5.91 Å². The molecule has 1 amide bonds. The molecule has 2 aromatic heterocycles. The maximum Gasteiger partial charge on any atom is 0.258 e. The number of fused-ring (bicyclic) bond motifs is 1. The minimum Gasteiger partial charge on any atom is -0.365 e. The normalized spacial score (nSPS) is 10.9. The standard InChI is InChI=1S/C16H16N4OS/c1-8-4-5-10(6-9(8)2)13-11-7-12(14(17)21)22-15(11)20-16(18-3)19-13/h4-7H,1-3H3,(H2,17,21)(H,18,19,20). The molecule has 3 aromatic rings. The molecule has 0 unspecified atom stereocenters. The lowest BCUT2D eigenvalue weighted by molar-refractivity contribution is 0.100. The van der Waals surface area contributed by atoms with E-state index >= 15 is 0 Å². The molecule has 5 nitrogen and oxygen atoms in total. The zero-order valence-electron chi connectivity index (χ0n) is 12.6. The molecule has 0 aliphatic heterocycles. The van der Waals surface area contributed by atoms with Crippen molar-refractivity contribution in [2.45, 2.75) is 13.8 Å². The lowest BCUT2D eigenvalue weighted by atomic mass is 10.0. The van der Waals surface area contributed by atoms with Crippen molar-refractivity contribution < 1.29 is 4.79 Å². The second kappa shape index (κ2) is 5.38. The average molecular weight is 312 g/mol. The first-order chi connectivity index (χ1) is 10.5. The number of amides is 1. The summed E-state index contributed by atoms with van der Waals surface area (Å²) in [6.45, 7) is 4.14. The summed E-state index contributed by atoms with van der Waals surface area (Å²) >= 11 is 1.29. The van der Waals surface area contributed by atoms with Crippen LogP contribution in [0.4, 0.5) is 5.95 Å². The van der Waals surface area contributed by atoms with E-state index in [1.165, 1.54) is 22.5 Å². The van der Waals surface area contributed by atoms with Crippen LogP contribution in [0.5, 0.6) is 0 Å². The predicted octanol–water partition coefficient (Wildman–Crippen LogP) is 3.12. The van der Waals surface area contributed by atoms with E-state index in [0.29, 0.717) is 10.8 Å². The third-order valence-electron chi connectivity index (χ3n) is 3.64. The van der Waals surface area contributed by atoms with Gasteiger partial charge in [0.15, 0.2) is 0 Å². The second-order valence-electron chi connectivity index (χ2n) is 5.14. The zero-order chi connectivity index (χ0) is 15.9. The van der Waals surface area contributed by atoms with Gasteiger partial charge >= 0.3 is 0 Å². The van der Waals surface area contributed by atoms with Crippen LogP contribution in [0.1, 0.15) is 20.8 Å². The summed E-state index contributed by atoms with van der Waals surface area (Å²) < 4.78 is 0. The van der Waals surface area contributed by atoms with Gasteiger partial charge in [-0.05, 0) is 37.1 Å². The third kappa shape index (κ3) is 2.42. The minimum absolute atomic E-state index is 0.444. The highest BCUT2D eigenvalue weighted by atomic mass is 32.1. The molecule has 0 spiro atoms. The first-order valence-electron chi connectivity index (χ1n) is 6.86. The van der Waals surface area contributed by atoms with Crippen molar-refractivity contribution in [1.82, 2.24) is 9.97 Å². The van der Waals surface area contributed by atoms with Gasteiger partial charge in [0.2, 0.25) is 5.95 Å². The highest BCUT2D eigenvalue weighted by Gasteiger charge is 2.15. The Morgan fingerprint density at radius 3 is 2.59 bits per heavy atom. The topological polar surface area (TPSA) is 80.9 Å². The van der Waals surface area contributed by atoms with E-state index < -0.39 is 5.91 Å². The summed E-state index contributed by atoms with van der Waals surface area (Å²) in [5.41, 5.74) is 9.62. The molecule has 6 heteroatoms. The molecule has 0 aliphatic carbocycles. The molecule has 0 saturated carbocycles. The van der Waals surface area contributed by atoms with Crippen molar-refractivity contribution in [3.8, 4) is 11.3 Å². The number of nitrogens with two attached hydrogens (primary N) is 1. The van der Waals surface area contributed by atoms with Gasteiger partial charge in [0, 0.05) is 18.0 Å². The van der Waals surface area contributed by atoms with Crippen molar-refractivity contribution >= 4 is 33.4 Å². The molecule has 2 heterocycles. The Morgan fingerprint density at radius 1 is 1.18 bits per heavy atom. The average Bonchev–Trinajstić information content (AvgIpc) is 2.93. The van der Waals surface area contributed by atoms with Crippen LogP contribution in [0.15, 0.2) is 24.3 Å². The van der Waals surface area contributed by atoms with Gasteiger partial charge in [-0.2, -0.15) is 0 Å². The number of aromatic nitrogens is 2. The van der Waals surface area contributed by atoms with Gasteiger partial charge < -0.3 is 11.1 Å². The van der Waals surface area contributed by atoms with Crippen molar-refractivity contribution in [1.29, 1.82) is 0 Å². The molecule has 0 saturated heterocycles. The first-order valence-corrected chi connectivity index (χ1v) is 7.68. The van der Waals surface area contributed by atoms with Crippen molar-refractivity contribution in [3.63, 3.8) is 0 Å². The largest absolute Gasteiger partial charge is 0.365 e. The maximum atomic E-state index is 11.4. The smallest absolute Gasteiger partial charge is 0.258 e. The van der Waals surface area contributed by atoms with Crippen LogP contribution in [0.25, 0.3) is 21.5 Å². The SMILES string of the molecule is CNc1nc(-c2ccc(C)c(C)c2)c2cc(C(N)=O)sc2n1. The molecular weight excluding hydrogens is 296 g/mol. The van der Waals surface area contributed by atoms with E-state index in [1.54, 1.807) is 13.1 Å². The summed E-state index contributed by atoms with van der Waals surface area (Å²) in [4.78, 5) is 21.7. The number of thiophene rings is 1. The Labute approximate surface area is 132 Å². The lowest BCUT2D eigenvalue weighted by Gasteiger charge is -2.08. The fourth-order valence-corrected chi connectivity index (χ4v) is 3.15. The number of nitrogens with one attached hydrogen (secondary N) is 1. The van der Waals surface area contributed by atoms with Crippen molar-refractivity contribution in [2.75, 3.05) is 12.4 Å². The van der Waals surface area contributed by atoms with Crippen LogP contribution in [-0.2, 0) is 0 Å². The molecule has 1 aromatic carbocycles. The molecule has 0 aliphatic rings. The van der Waals surface area contributed by atoms with Gasteiger partial charge in [-0.1, -0.05) is 12.1 Å². The van der Waals surface area contributed by atoms with E-state index in [4.69, 9.17) is 5.73 Å². The second-order valence-corrected chi connectivity index (χ2v) is 6.17. The molecule has 0 bridgehead atoms. The number of hydrogen-bond acceptors (Lipinski definition) is 5. The fourth-order valence-electron chi connectivity index (χ4n) is 2.26. The van der Waals surface area contributed by atoms with Gasteiger partial charge in [0.1, 0.15) is 4.83 Å². The van der Waals surface area contributed by atoms with E-state index in [1.807, 2.05) is 6.07 Å². The molecule has 0 radical (unpaired) electrons. The lowest BCUT2D eigenvalue weighted by Crippen LogP contribution is -2.08. The number of aryl methyl sites for hydroxylation is 2. The van der Waals surface area contributed by atoms with E-state index in [2.05, 4.69) is 41.3 Å². The van der Waals surface area contributed by atoms with Gasteiger partial charge in [-0.3, -0.25) is 4.79 Å². The number of rotatable bonds is 3. The number of hydrogen-bond donors (Lipinski definition) is 2. The van der Waals surface area contributed by atoms with Crippen LogP contribution in [-0.4, -0.2) is 22.9 Å². The molecular formula is C16H16N4OS. The summed E-state index contributed by atoms with van der Waals surface area (Å²) in [5.74, 6) is 0.0821. The van der Waals surface area contributed by atoms with Gasteiger partial charge in [-0.15, -0.1) is 11.3 Å². The number of anilines is 1. The van der Waals surface area contributed by atoms with E-state index in [-0.39, 0.29) is 0 Å². The Kier molecular flexibility index (Phi) is 3.54. The predicted molar refractivity (Wildman–Crippen MR) is 90.4 cm³/mol. The maximum absolute atomic E-state index is 11.4. The summed E-state index contributed by atoms with van der Waals surface area (Å²) in [7, 11) is 1.77. The minimum atomic E-state index is -0.444. The van der Waals surface area contributed by atoms with Crippen molar-refractivity contribution in [3.05, 3.63) is 40.3 Å². The Hall–Kier alpha value is -2.47.